The van der Waals surface area contributed by atoms with Crippen molar-refractivity contribution in [3.63, 3.8) is 0 Å². The van der Waals surface area contributed by atoms with Crippen LogP contribution in [-0.4, -0.2) is 43.9 Å². The normalized spacial score (nSPS) is 11.2. The van der Waals surface area contributed by atoms with Gasteiger partial charge in [-0.2, -0.15) is 15.4 Å². The average molecular weight is 244 g/mol. The maximum Gasteiger partial charge on any atom is 0.202 e. The fraction of sp³-hybridized carbons (Fsp3) is 0.273. The lowest BCUT2D eigenvalue weighted by atomic mass is 10.2. The van der Waals surface area contributed by atoms with E-state index in [0.29, 0.717) is 12.3 Å². The Hall–Kier alpha value is -2.28. The molecule has 92 valence electrons. The van der Waals surface area contributed by atoms with Gasteiger partial charge in [0.1, 0.15) is 5.52 Å². The third kappa shape index (κ3) is 1.95. The standard InChI is InChI=1S/C11H12N6O/c1-18-5-4-17-7-8(6-12-17)9-2-3-10-11(13-9)15-16-14-10/h2-3,6-7H,4-5H2,1H3,(H,13,14,15,16). The Balaban J connectivity index is 1.90. The summed E-state index contributed by atoms with van der Waals surface area (Å²) in [7, 11) is 1.67. The third-order valence-corrected chi connectivity index (χ3v) is 2.63. The van der Waals surface area contributed by atoms with Crippen molar-refractivity contribution in [2.75, 3.05) is 13.7 Å². The third-order valence-electron chi connectivity index (χ3n) is 2.63. The first-order valence-corrected chi connectivity index (χ1v) is 5.56. The van der Waals surface area contributed by atoms with Crippen LogP contribution in [0.4, 0.5) is 0 Å². The first-order valence-electron chi connectivity index (χ1n) is 5.56. The Bertz CT molecular complexity index is 658. The van der Waals surface area contributed by atoms with E-state index in [-0.39, 0.29) is 0 Å². The van der Waals surface area contributed by atoms with Crippen molar-refractivity contribution in [1.82, 2.24) is 30.2 Å². The van der Waals surface area contributed by atoms with Gasteiger partial charge in [-0.25, -0.2) is 4.98 Å². The van der Waals surface area contributed by atoms with Crippen LogP contribution < -0.4 is 0 Å². The topological polar surface area (TPSA) is 81.5 Å². The summed E-state index contributed by atoms with van der Waals surface area (Å²) in [5, 5.41) is 14.7. The summed E-state index contributed by atoms with van der Waals surface area (Å²) >= 11 is 0. The maximum atomic E-state index is 5.01. The highest BCUT2D eigenvalue weighted by molar-refractivity contribution is 5.73. The van der Waals surface area contributed by atoms with Crippen molar-refractivity contribution in [3.05, 3.63) is 24.5 Å². The largest absolute Gasteiger partial charge is 0.383 e. The van der Waals surface area contributed by atoms with Crippen molar-refractivity contribution in [2.45, 2.75) is 6.54 Å². The molecule has 0 saturated heterocycles. The number of aromatic amines is 1. The molecule has 0 amide bonds. The van der Waals surface area contributed by atoms with Crippen molar-refractivity contribution in [2.24, 2.45) is 0 Å². The molecule has 7 heteroatoms. The molecular formula is C11H12N6O. The smallest absolute Gasteiger partial charge is 0.202 e. The van der Waals surface area contributed by atoms with E-state index >= 15 is 0 Å². The molecule has 3 heterocycles. The first-order chi connectivity index (χ1) is 8.86. The Kier molecular flexibility index (Phi) is 2.73. The number of methoxy groups -OCH3 is 1. The second-order valence-electron chi connectivity index (χ2n) is 3.85. The van der Waals surface area contributed by atoms with Crippen LogP contribution in [0.3, 0.4) is 0 Å². The minimum atomic E-state index is 0.608. The predicted octanol–water partition coefficient (Wildman–Crippen LogP) is 0.863. The van der Waals surface area contributed by atoms with E-state index in [4.69, 9.17) is 4.74 Å². The van der Waals surface area contributed by atoms with Gasteiger partial charge in [0.15, 0.2) is 0 Å². The molecule has 7 nitrogen and oxygen atoms in total. The van der Waals surface area contributed by atoms with E-state index in [9.17, 15) is 0 Å². The van der Waals surface area contributed by atoms with E-state index < -0.39 is 0 Å². The van der Waals surface area contributed by atoms with Gasteiger partial charge in [-0.15, -0.1) is 5.10 Å². The quantitative estimate of drug-likeness (QED) is 0.736. The molecule has 0 spiro atoms. The second kappa shape index (κ2) is 4.53. The lowest BCUT2D eigenvalue weighted by molar-refractivity contribution is 0.183. The van der Waals surface area contributed by atoms with Gasteiger partial charge in [-0.1, -0.05) is 0 Å². The summed E-state index contributed by atoms with van der Waals surface area (Å²) in [5.41, 5.74) is 3.15. The molecule has 0 aliphatic heterocycles. The van der Waals surface area contributed by atoms with E-state index in [1.54, 1.807) is 13.3 Å². The lowest BCUT2D eigenvalue weighted by Gasteiger charge is -1.98. The number of rotatable bonds is 4. The zero-order valence-corrected chi connectivity index (χ0v) is 9.87. The highest BCUT2D eigenvalue weighted by atomic mass is 16.5. The number of pyridine rings is 1. The number of H-pyrrole nitrogens is 1. The predicted molar refractivity (Wildman–Crippen MR) is 64.8 cm³/mol. The summed E-state index contributed by atoms with van der Waals surface area (Å²) in [6.45, 7) is 1.36. The fourth-order valence-electron chi connectivity index (χ4n) is 1.70. The highest BCUT2D eigenvalue weighted by Crippen LogP contribution is 2.18. The molecule has 3 aromatic heterocycles. The molecule has 0 unspecified atom stereocenters. The van der Waals surface area contributed by atoms with Crippen molar-refractivity contribution in [3.8, 4) is 11.3 Å². The number of ether oxygens (including phenoxy) is 1. The average Bonchev–Trinajstić information content (AvgIpc) is 3.04. The Morgan fingerprint density at radius 1 is 1.33 bits per heavy atom. The fourth-order valence-corrected chi connectivity index (χ4v) is 1.70. The van der Waals surface area contributed by atoms with Gasteiger partial charge in [0.25, 0.3) is 0 Å². The minimum absolute atomic E-state index is 0.608. The Morgan fingerprint density at radius 3 is 3.17 bits per heavy atom. The minimum Gasteiger partial charge on any atom is -0.383 e. The molecule has 0 fully saturated rings. The molecule has 3 aromatic rings. The summed E-state index contributed by atoms with van der Waals surface area (Å²) in [6, 6.07) is 3.79. The van der Waals surface area contributed by atoms with Gasteiger partial charge in [0, 0.05) is 18.9 Å². The Labute approximate surface area is 103 Å². The summed E-state index contributed by atoms with van der Waals surface area (Å²) in [4.78, 5) is 4.41. The number of nitrogens with one attached hydrogen (secondary N) is 1. The number of hydrogen-bond acceptors (Lipinski definition) is 5. The number of fused-ring (bicyclic) bond motifs is 1. The van der Waals surface area contributed by atoms with Gasteiger partial charge in [-0.3, -0.25) is 4.68 Å². The van der Waals surface area contributed by atoms with Crippen LogP contribution >= 0.6 is 0 Å². The molecule has 0 aliphatic carbocycles. The van der Waals surface area contributed by atoms with Crippen LogP contribution in [0.15, 0.2) is 24.5 Å². The van der Waals surface area contributed by atoms with E-state index in [1.807, 2.05) is 23.0 Å². The Morgan fingerprint density at radius 2 is 2.28 bits per heavy atom. The van der Waals surface area contributed by atoms with Crippen molar-refractivity contribution >= 4 is 11.2 Å². The number of hydrogen-bond donors (Lipinski definition) is 1. The molecule has 0 aromatic carbocycles. The van der Waals surface area contributed by atoms with E-state index in [1.165, 1.54) is 0 Å². The zero-order chi connectivity index (χ0) is 12.4. The second-order valence-corrected chi connectivity index (χ2v) is 3.85. The molecule has 18 heavy (non-hydrogen) atoms. The van der Waals surface area contributed by atoms with Crippen molar-refractivity contribution in [1.29, 1.82) is 0 Å². The van der Waals surface area contributed by atoms with Crippen LogP contribution in [0, 0.1) is 0 Å². The zero-order valence-electron chi connectivity index (χ0n) is 9.87. The number of aromatic nitrogens is 6. The lowest BCUT2D eigenvalue weighted by Crippen LogP contribution is -2.03. The van der Waals surface area contributed by atoms with Crippen LogP contribution in [0.25, 0.3) is 22.4 Å². The molecule has 1 N–H and O–H groups in total. The van der Waals surface area contributed by atoms with Crippen molar-refractivity contribution < 1.29 is 4.74 Å². The molecule has 3 rings (SSSR count). The van der Waals surface area contributed by atoms with Gasteiger partial charge >= 0.3 is 0 Å². The van der Waals surface area contributed by atoms with Crippen LogP contribution in [-0.2, 0) is 11.3 Å². The van der Waals surface area contributed by atoms with Gasteiger partial charge in [-0.05, 0) is 12.1 Å². The van der Waals surface area contributed by atoms with Crippen LogP contribution in [0.2, 0.25) is 0 Å². The van der Waals surface area contributed by atoms with Gasteiger partial charge < -0.3 is 4.74 Å². The van der Waals surface area contributed by atoms with Crippen LogP contribution in [0.5, 0.6) is 0 Å². The molecule has 0 saturated carbocycles. The monoisotopic (exact) mass is 244 g/mol. The highest BCUT2D eigenvalue weighted by Gasteiger charge is 2.06. The summed E-state index contributed by atoms with van der Waals surface area (Å²) in [6.07, 6.45) is 3.72. The SMILES string of the molecule is COCCn1cc(-c2ccc3n[nH]nc3n2)cn1. The van der Waals surface area contributed by atoms with E-state index in [0.717, 1.165) is 23.3 Å². The first kappa shape index (κ1) is 10.8. The molecule has 0 aliphatic rings. The molecule has 0 atom stereocenters. The van der Waals surface area contributed by atoms with Gasteiger partial charge in [0.05, 0.1) is 25.0 Å². The summed E-state index contributed by atoms with van der Waals surface area (Å²) in [5.74, 6) is 0. The summed E-state index contributed by atoms with van der Waals surface area (Å²) < 4.78 is 6.84. The maximum absolute atomic E-state index is 5.01. The number of nitrogens with zero attached hydrogens (tertiary/aromatic N) is 5. The molecular weight excluding hydrogens is 232 g/mol. The molecule has 0 bridgehead atoms. The van der Waals surface area contributed by atoms with E-state index in [2.05, 4.69) is 25.5 Å². The van der Waals surface area contributed by atoms with Gasteiger partial charge in [0.2, 0.25) is 5.65 Å². The van der Waals surface area contributed by atoms with Crippen LogP contribution in [0.1, 0.15) is 0 Å². The molecule has 0 radical (unpaired) electrons.